The van der Waals surface area contributed by atoms with Crippen LogP contribution in [0.2, 0.25) is 0 Å². The van der Waals surface area contributed by atoms with Crippen LogP contribution in [0.25, 0.3) is 0 Å². The van der Waals surface area contributed by atoms with Gasteiger partial charge in [-0.05, 0) is 12.8 Å². The number of unbranched alkanes of at least 4 members (excludes halogenated alkanes) is 1. The van der Waals surface area contributed by atoms with Crippen LogP contribution >= 0.6 is 0 Å². The zero-order chi connectivity index (χ0) is 9.23. The van der Waals surface area contributed by atoms with Gasteiger partial charge in [0.25, 0.3) is 0 Å². The van der Waals surface area contributed by atoms with E-state index in [4.69, 9.17) is 10.6 Å². The predicted molar refractivity (Wildman–Crippen MR) is 47.2 cm³/mol. The summed E-state index contributed by atoms with van der Waals surface area (Å²) in [6.45, 7) is 4.69. The van der Waals surface area contributed by atoms with Gasteiger partial charge in [-0.3, -0.25) is 10.2 Å². The van der Waals surface area contributed by atoms with Crippen LogP contribution < -0.4 is 11.3 Å². The Balaban J connectivity index is 3.00. The summed E-state index contributed by atoms with van der Waals surface area (Å²) in [4.78, 5) is 10.6. The standard InChI is InChI=1S/C8H16N2O2/c1-2-3-4-6-12-7-5-8(11)10-9/h2H,1,3-7,9H2,(H,10,11). The number of nitrogens with one attached hydrogen (secondary N) is 1. The van der Waals surface area contributed by atoms with Crippen molar-refractivity contribution < 1.29 is 9.53 Å². The lowest BCUT2D eigenvalue weighted by atomic mass is 10.3. The summed E-state index contributed by atoms with van der Waals surface area (Å²) < 4.78 is 5.14. The van der Waals surface area contributed by atoms with Crippen molar-refractivity contribution in [2.45, 2.75) is 19.3 Å². The van der Waals surface area contributed by atoms with Crippen LogP contribution in [0.4, 0.5) is 0 Å². The highest BCUT2D eigenvalue weighted by atomic mass is 16.5. The minimum atomic E-state index is -0.196. The molecule has 0 heterocycles. The second-order valence-electron chi connectivity index (χ2n) is 2.36. The van der Waals surface area contributed by atoms with Gasteiger partial charge in [-0.2, -0.15) is 0 Å². The molecule has 0 aromatic heterocycles. The highest BCUT2D eigenvalue weighted by Gasteiger charge is 1.96. The Morgan fingerprint density at radius 3 is 2.92 bits per heavy atom. The van der Waals surface area contributed by atoms with Gasteiger partial charge >= 0.3 is 0 Å². The van der Waals surface area contributed by atoms with Crippen molar-refractivity contribution in [2.75, 3.05) is 13.2 Å². The first-order valence-corrected chi connectivity index (χ1v) is 3.99. The molecule has 0 spiro atoms. The maximum Gasteiger partial charge on any atom is 0.236 e. The molecule has 0 fully saturated rings. The highest BCUT2D eigenvalue weighted by Crippen LogP contribution is 1.91. The molecule has 0 bridgehead atoms. The summed E-state index contributed by atoms with van der Waals surface area (Å²) in [6, 6.07) is 0. The fourth-order valence-corrected chi connectivity index (χ4v) is 0.669. The summed E-state index contributed by atoms with van der Waals surface area (Å²) in [7, 11) is 0. The molecule has 4 heteroatoms. The third-order valence-electron chi connectivity index (χ3n) is 1.33. The van der Waals surface area contributed by atoms with Crippen molar-refractivity contribution in [3.05, 3.63) is 12.7 Å². The van der Waals surface area contributed by atoms with E-state index in [2.05, 4.69) is 6.58 Å². The molecule has 0 aliphatic carbocycles. The van der Waals surface area contributed by atoms with Crippen LogP contribution in [-0.2, 0) is 9.53 Å². The largest absolute Gasteiger partial charge is 0.381 e. The molecule has 0 saturated carbocycles. The van der Waals surface area contributed by atoms with E-state index in [1.807, 2.05) is 11.5 Å². The lowest BCUT2D eigenvalue weighted by Crippen LogP contribution is -2.30. The number of nitrogens with two attached hydrogens (primary N) is 1. The average Bonchev–Trinajstić information content (AvgIpc) is 2.10. The second-order valence-corrected chi connectivity index (χ2v) is 2.36. The number of carbonyl (C=O) groups is 1. The molecule has 0 aliphatic rings. The van der Waals surface area contributed by atoms with Gasteiger partial charge in [0, 0.05) is 6.61 Å². The summed E-state index contributed by atoms with van der Waals surface area (Å²) in [5.74, 6) is 4.67. The summed E-state index contributed by atoms with van der Waals surface area (Å²) in [5.41, 5.74) is 2.03. The molecule has 0 unspecified atom stereocenters. The Morgan fingerprint density at radius 2 is 2.33 bits per heavy atom. The molecule has 1 amide bonds. The summed E-state index contributed by atoms with van der Waals surface area (Å²) in [5, 5.41) is 0. The number of hydrazine groups is 1. The molecular formula is C8H16N2O2. The topological polar surface area (TPSA) is 64.3 Å². The van der Waals surface area contributed by atoms with E-state index < -0.39 is 0 Å². The van der Waals surface area contributed by atoms with E-state index in [1.165, 1.54) is 0 Å². The molecule has 0 atom stereocenters. The van der Waals surface area contributed by atoms with Crippen molar-refractivity contribution in [2.24, 2.45) is 5.84 Å². The first-order valence-electron chi connectivity index (χ1n) is 3.99. The molecule has 70 valence electrons. The Labute approximate surface area is 72.7 Å². The van der Waals surface area contributed by atoms with Crippen LogP contribution in [-0.4, -0.2) is 19.1 Å². The van der Waals surface area contributed by atoms with E-state index in [1.54, 1.807) is 0 Å². The SMILES string of the molecule is C=CCCCOCCC(=O)NN. The molecule has 0 rings (SSSR count). The Kier molecular flexibility index (Phi) is 7.63. The predicted octanol–water partition coefficient (Wildman–Crippen LogP) is 0.349. The van der Waals surface area contributed by atoms with Gasteiger partial charge in [-0.1, -0.05) is 6.08 Å². The normalized spacial score (nSPS) is 9.42. The van der Waals surface area contributed by atoms with Crippen molar-refractivity contribution in [1.82, 2.24) is 5.43 Å². The Hall–Kier alpha value is -0.870. The maximum absolute atomic E-state index is 10.6. The minimum Gasteiger partial charge on any atom is -0.381 e. The van der Waals surface area contributed by atoms with E-state index in [0.29, 0.717) is 19.6 Å². The van der Waals surface area contributed by atoms with Crippen molar-refractivity contribution >= 4 is 5.91 Å². The van der Waals surface area contributed by atoms with Gasteiger partial charge < -0.3 is 4.74 Å². The van der Waals surface area contributed by atoms with Crippen LogP contribution in [0.15, 0.2) is 12.7 Å². The molecule has 0 aliphatic heterocycles. The molecule has 4 nitrogen and oxygen atoms in total. The van der Waals surface area contributed by atoms with Crippen LogP contribution in [0.3, 0.4) is 0 Å². The van der Waals surface area contributed by atoms with E-state index in [9.17, 15) is 4.79 Å². The van der Waals surface area contributed by atoms with E-state index >= 15 is 0 Å². The average molecular weight is 172 g/mol. The zero-order valence-corrected chi connectivity index (χ0v) is 7.21. The summed E-state index contributed by atoms with van der Waals surface area (Å²) >= 11 is 0. The number of hydrogen-bond acceptors (Lipinski definition) is 3. The first kappa shape index (κ1) is 11.1. The molecule has 12 heavy (non-hydrogen) atoms. The maximum atomic E-state index is 10.6. The Bertz CT molecular complexity index is 137. The lowest BCUT2D eigenvalue weighted by Gasteiger charge is -2.01. The minimum absolute atomic E-state index is 0.196. The number of carbonyl (C=O) groups excluding carboxylic acids is 1. The number of amides is 1. The number of hydrogen-bond donors (Lipinski definition) is 2. The van der Waals surface area contributed by atoms with Gasteiger partial charge in [0.05, 0.1) is 13.0 Å². The van der Waals surface area contributed by atoms with Crippen LogP contribution in [0.1, 0.15) is 19.3 Å². The van der Waals surface area contributed by atoms with Crippen LogP contribution in [0.5, 0.6) is 0 Å². The first-order chi connectivity index (χ1) is 5.81. The van der Waals surface area contributed by atoms with Gasteiger partial charge in [-0.15, -0.1) is 6.58 Å². The fraction of sp³-hybridized carbons (Fsp3) is 0.625. The van der Waals surface area contributed by atoms with Gasteiger partial charge in [0.15, 0.2) is 0 Å². The van der Waals surface area contributed by atoms with Crippen molar-refractivity contribution in [3.8, 4) is 0 Å². The molecule has 3 N–H and O–H groups in total. The van der Waals surface area contributed by atoms with Crippen LogP contribution in [0, 0.1) is 0 Å². The number of ether oxygens (including phenoxy) is 1. The molecule has 0 radical (unpaired) electrons. The third kappa shape index (κ3) is 7.24. The quantitative estimate of drug-likeness (QED) is 0.191. The lowest BCUT2D eigenvalue weighted by molar-refractivity contribution is -0.122. The van der Waals surface area contributed by atoms with Gasteiger partial charge in [0.2, 0.25) is 5.91 Å². The zero-order valence-electron chi connectivity index (χ0n) is 7.21. The second kappa shape index (κ2) is 8.23. The smallest absolute Gasteiger partial charge is 0.236 e. The van der Waals surface area contributed by atoms with E-state index in [-0.39, 0.29) is 5.91 Å². The molecular weight excluding hydrogens is 156 g/mol. The number of rotatable bonds is 7. The Morgan fingerprint density at radius 1 is 1.58 bits per heavy atom. The monoisotopic (exact) mass is 172 g/mol. The highest BCUT2D eigenvalue weighted by molar-refractivity contribution is 5.75. The number of allylic oxidation sites excluding steroid dienone is 1. The van der Waals surface area contributed by atoms with Crippen molar-refractivity contribution in [1.29, 1.82) is 0 Å². The molecule has 0 aromatic carbocycles. The molecule has 0 saturated heterocycles. The van der Waals surface area contributed by atoms with Crippen molar-refractivity contribution in [3.63, 3.8) is 0 Å². The fourth-order valence-electron chi connectivity index (χ4n) is 0.669. The third-order valence-corrected chi connectivity index (χ3v) is 1.33. The van der Waals surface area contributed by atoms with E-state index in [0.717, 1.165) is 12.8 Å². The van der Waals surface area contributed by atoms with Gasteiger partial charge in [0.1, 0.15) is 0 Å². The summed E-state index contributed by atoms with van der Waals surface area (Å²) in [6.07, 6.45) is 4.07. The molecule has 0 aromatic rings. The van der Waals surface area contributed by atoms with Gasteiger partial charge in [-0.25, -0.2) is 5.84 Å².